The van der Waals surface area contributed by atoms with Crippen LogP contribution in [0.4, 0.5) is 0 Å². The Morgan fingerprint density at radius 1 is 0.259 bits per heavy atom. The lowest BCUT2D eigenvalue weighted by molar-refractivity contribution is -0.167. The van der Waals surface area contributed by atoms with E-state index >= 15 is 0 Å². The largest absolute Gasteiger partial charge is 0.462 e. The van der Waals surface area contributed by atoms with Gasteiger partial charge in [0.15, 0.2) is 6.10 Å². The number of unbranched alkanes of at least 4 members (excludes halogenated alkanes) is 36. The molecule has 1 atom stereocenters. The minimum absolute atomic E-state index is 0.0802. The third-order valence-electron chi connectivity index (χ3n) is 15.1. The van der Waals surface area contributed by atoms with E-state index in [1.54, 1.807) is 0 Å². The Hall–Kier alpha value is -3.67. The first-order chi connectivity index (χ1) is 40.0. The molecule has 0 rings (SSSR count). The fourth-order valence-corrected chi connectivity index (χ4v) is 9.90. The number of carbonyl (C=O) groups is 3. The second-order valence-electron chi connectivity index (χ2n) is 23.1. The number of rotatable bonds is 63. The fourth-order valence-electron chi connectivity index (χ4n) is 9.90. The highest BCUT2D eigenvalue weighted by Crippen LogP contribution is 2.18. The molecule has 0 aliphatic carbocycles. The van der Waals surface area contributed by atoms with E-state index in [1.165, 1.54) is 180 Å². The van der Waals surface area contributed by atoms with Gasteiger partial charge in [-0.25, -0.2) is 0 Å². The van der Waals surface area contributed by atoms with Crippen molar-refractivity contribution < 1.29 is 28.6 Å². The molecule has 0 fully saturated rings. The van der Waals surface area contributed by atoms with Crippen molar-refractivity contribution in [2.45, 2.75) is 348 Å². The van der Waals surface area contributed by atoms with Crippen LogP contribution in [-0.4, -0.2) is 37.2 Å². The molecule has 466 valence electrons. The van der Waals surface area contributed by atoms with Crippen molar-refractivity contribution in [1.29, 1.82) is 0 Å². The Balaban J connectivity index is 4.20. The van der Waals surface area contributed by atoms with Crippen LogP contribution in [0.2, 0.25) is 0 Å². The number of ether oxygens (including phenoxy) is 3. The van der Waals surface area contributed by atoms with E-state index in [9.17, 15) is 14.4 Å². The summed E-state index contributed by atoms with van der Waals surface area (Å²) in [5.74, 6) is -0.881. The maximum absolute atomic E-state index is 12.9. The third kappa shape index (κ3) is 67.0. The molecule has 0 N–H and O–H groups in total. The number of esters is 3. The molecule has 81 heavy (non-hydrogen) atoms. The number of hydrogen-bond donors (Lipinski definition) is 0. The zero-order chi connectivity index (χ0) is 58.5. The minimum Gasteiger partial charge on any atom is -0.462 e. The molecule has 0 amide bonds. The summed E-state index contributed by atoms with van der Waals surface area (Å²) in [6.07, 6.45) is 93.0. The molecule has 0 radical (unpaired) electrons. The van der Waals surface area contributed by atoms with Gasteiger partial charge in [-0.05, 0) is 96.3 Å². The first-order valence-corrected chi connectivity index (χ1v) is 34.7. The van der Waals surface area contributed by atoms with Gasteiger partial charge in [0.2, 0.25) is 0 Å². The van der Waals surface area contributed by atoms with Crippen molar-refractivity contribution in [1.82, 2.24) is 0 Å². The van der Waals surface area contributed by atoms with Crippen molar-refractivity contribution in [3.05, 3.63) is 97.2 Å². The molecule has 6 heteroatoms. The molecule has 0 heterocycles. The average molecular weight is 1130 g/mol. The lowest BCUT2D eigenvalue weighted by atomic mass is 10.0. The van der Waals surface area contributed by atoms with Gasteiger partial charge in [0, 0.05) is 19.3 Å². The molecule has 0 aromatic rings. The smallest absolute Gasteiger partial charge is 0.306 e. The van der Waals surface area contributed by atoms with Gasteiger partial charge in [0.25, 0.3) is 0 Å². The van der Waals surface area contributed by atoms with Crippen LogP contribution in [0.3, 0.4) is 0 Å². The van der Waals surface area contributed by atoms with Crippen molar-refractivity contribution in [3.8, 4) is 0 Å². The lowest BCUT2D eigenvalue weighted by Gasteiger charge is -2.18. The van der Waals surface area contributed by atoms with Crippen LogP contribution in [0, 0.1) is 0 Å². The minimum atomic E-state index is -0.782. The second-order valence-corrected chi connectivity index (χ2v) is 23.1. The van der Waals surface area contributed by atoms with Gasteiger partial charge in [-0.2, -0.15) is 0 Å². The van der Waals surface area contributed by atoms with E-state index < -0.39 is 6.10 Å². The van der Waals surface area contributed by atoms with Crippen LogP contribution in [0.5, 0.6) is 0 Å². The Labute approximate surface area is 502 Å². The zero-order valence-corrected chi connectivity index (χ0v) is 53.5. The number of allylic oxidation sites excluding steroid dienone is 16. The van der Waals surface area contributed by atoms with E-state index in [4.69, 9.17) is 14.2 Å². The average Bonchev–Trinajstić information content (AvgIpc) is 3.47. The van der Waals surface area contributed by atoms with E-state index in [1.807, 2.05) is 0 Å². The van der Waals surface area contributed by atoms with Crippen LogP contribution in [0.15, 0.2) is 97.2 Å². The van der Waals surface area contributed by atoms with Gasteiger partial charge in [0.05, 0.1) is 0 Å². The van der Waals surface area contributed by atoms with Gasteiger partial charge in [0.1, 0.15) is 13.2 Å². The second kappa shape index (κ2) is 68.8. The normalized spacial score (nSPS) is 12.7. The molecular weight excluding hydrogens is 997 g/mol. The molecular formula is C75H130O6. The molecule has 0 aliphatic rings. The SMILES string of the molecule is CC/C=C\C/C=C\C/C=C\C/C=C\C/C=C\C/C=C\C/C=C\CCCCCCCCCCCC(=O)OCC(COC(=O)CCCCCCC/C=C\CCC)OC(=O)CCCCCCCCCCCCCCCCCCCCCCCC. The molecule has 6 nitrogen and oxygen atoms in total. The summed E-state index contributed by atoms with van der Waals surface area (Å²) in [5.41, 5.74) is 0. The molecule has 0 saturated carbocycles. The summed E-state index contributed by atoms with van der Waals surface area (Å²) in [5, 5.41) is 0. The highest BCUT2D eigenvalue weighted by molar-refractivity contribution is 5.71. The quantitative estimate of drug-likeness (QED) is 0.0261. The van der Waals surface area contributed by atoms with Gasteiger partial charge in [-0.1, -0.05) is 323 Å². The summed E-state index contributed by atoms with van der Waals surface area (Å²) < 4.78 is 16.9. The fraction of sp³-hybridized carbons (Fsp3) is 0.747. The highest BCUT2D eigenvalue weighted by Gasteiger charge is 2.19. The summed E-state index contributed by atoms with van der Waals surface area (Å²) in [6, 6.07) is 0. The van der Waals surface area contributed by atoms with Gasteiger partial charge in [-0.3, -0.25) is 14.4 Å². The van der Waals surface area contributed by atoms with Crippen LogP contribution in [-0.2, 0) is 28.6 Å². The predicted molar refractivity (Wildman–Crippen MR) is 353 cm³/mol. The topological polar surface area (TPSA) is 78.9 Å². The Kier molecular flexibility index (Phi) is 65.7. The van der Waals surface area contributed by atoms with E-state index in [2.05, 4.69) is 118 Å². The van der Waals surface area contributed by atoms with Crippen LogP contribution in [0.1, 0.15) is 342 Å². The Morgan fingerprint density at radius 2 is 0.506 bits per heavy atom. The van der Waals surface area contributed by atoms with Gasteiger partial charge >= 0.3 is 17.9 Å². The Bertz CT molecular complexity index is 1580. The van der Waals surface area contributed by atoms with Gasteiger partial charge < -0.3 is 14.2 Å². The van der Waals surface area contributed by atoms with Crippen LogP contribution < -0.4 is 0 Å². The first-order valence-electron chi connectivity index (χ1n) is 34.7. The Morgan fingerprint density at radius 3 is 0.815 bits per heavy atom. The summed E-state index contributed by atoms with van der Waals surface area (Å²) in [4.78, 5) is 38.3. The van der Waals surface area contributed by atoms with Crippen molar-refractivity contribution in [2.75, 3.05) is 13.2 Å². The van der Waals surface area contributed by atoms with E-state index in [0.29, 0.717) is 19.3 Å². The summed E-state index contributed by atoms with van der Waals surface area (Å²) >= 11 is 0. The third-order valence-corrected chi connectivity index (χ3v) is 15.1. The summed E-state index contributed by atoms with van der Waals surface area (Å²) in [6.45, 7) is 6.49. The van der Waals surface area contributed by atoms with Gasteiger partial charge in [-0.15, -0.1) is 0 Å². The molecule has 0 saturated heterocycles. The van der Waals surface area contributed by atoms with E-state index in [-0.39, 0.29) is 31.1 Å². The van der Waals surface area contributed by atoms with Crippen LogP contribution >= 0.6 is 0 Å². The zero-order valence-electron chi connectivity index (χ0n) is 53.5. The van der Waals surface area contributed by atoms with Crippen molar-refractivity contribution in [3.63, 3.8) is 0 Å². The van der Waals surface area contributed by atoms with Crippen molar-refractivity contribution in [2.24, 2.45) is 0 Å². The molecule has 0 spiro atoms. The maximum Gasteiger partial charge on any atom is 0.306 e. The molecule has 0 aromatic carbocycles. The summed E-state index contributed by atoms with van der Waals surface area (Å²) in [7, 11) is 0. The van der Waals surface area contributed by atoms with Crippen LogP contribution in [0.25, 0.3) is 0 Å². The molecule has 1 unspecified atom stereocenters. The monoisotopic (exact) mass is 1130 g/mol. The lowest BCUT2D eigenvalue weighted by Crippen LogP contribution is -2.30. The molecule has 0 aromatic heterocycles. The highest BCUT2D eigenvalue weighted by atomic mass is 16.6. The standard InChI is InChI=1S/C75H130O6/c1-4-7-10-13-16-19-22-24-26-28-30-32-34-35-36-37-38-39-40-41-42-44-45-47-49-51-53-56-59-62-65-68-74(77)80-71-72(70-79-73(76)67-64-61-58-55-21-18-15-12-9-6-3)81-75(78)69-66-63-60-57-54-52-50-48-46-43-33-31-29-27-25-23-20-17-14-11-8-5-2/h7,10,12,15-16,19,24,26,30,32,35-36,38-39,41-42,72H,4-6,8-9,11,13-14,17-18,20-23,25,27-29,31,33-34,37,40,43-71H2,1-3H3/b10-7-,15-12-,19-16-,26-24-,32-30-,36-35-,39-38-,42-41-. The van der Waals surface area contributed by atoms with E-state index in [0.717, 1.165) is 122 Å². The van der Waals surface area contributed by atoms with Crippen molar-refractivity contribution >= 4 is 17.9 Å². The molecule has 0 aliphatic heterocycles. The number of carbonyl (C=O) groups excluding carboxylic acids is 3. The number of hydrogen-bond acceptors (Lipinski definition) is 6. The maximum atomic E-state index is 12.9. The predicted octanol–water partition coefficient (Wildman–Crippen LogP) is 24.0. The first kappa shape index (κ1) is 77.3. The molecule has 0 bridgehead atoms.